The van der Waals surface area contributed by atoms with Crippen LogP contribution < -0.4 is 5.73 Å². The van der Waals surface area contributed by atoms with Crippen LogP contribution in [0.15, 0.2) is 4.52 Å². The van der Waals surface area contributed by atoms with Gasteiger partial charge in [0.2, 0.25) is 0 Å². The van der Waals surface area contributed by atoms with Crippen molar-refractivity contribution < 1.29 is 9.32 Å². The molecule has 0 atom stereocenters. The summed E-state index contributed by atoms with van der Waals surface area (Å²) in [7, 11) is 0. The molecule has 2 N–H and O–H groups in total. The van der Waals surface area contributed by atoms with Gasteiger partial charge in [0, 0.05) is 25.2 Å². The van der Waals surface area contributed by atoms with Crippen LogP contribution in [0, 0.1) is 6.92 Å². The first kappa shape index (κ1) is 12.1. The number of hydrogen-bond acceptors (Lipinski definition) is 4. The normalized spacial score (nSPS) is 16.9. The van der Waals surface area contributed by atoms with Gasteiger partial charge in [0.25, 0.3) is 5.91 Å². The smallest absolute Gasteiger partial charge is 0.276 e. The van der Waals surface area contributed by atoms with Gasteiger partial charge in [0.1, 0.15) is 5.76 Å². The fourth-order valence-electron chi connectivity index (χ4n) is 2.22. The van der Waals surface area contributed by atoms with Gasteiger partial charge in [0.05, 0.1) is 0 Å². The zero-order valence-electron chi connectivity index (χ0n) is 10.2. The summed E-state index contributed by atoms with van der Waals surface area (Å²) >= 11 is 0. The molecule has 2 heterocycles. The molecule has 0 radical (unpaired) electrons. The number of aromatic nitrogens is 1. The van der Waals surface area contributed by atoms with Gasteiger partial charge in [-0.3, -0.25) is 4.79 Å². The quantitative estimate of drug-likeness (QED) is 0.845. The zero-order valence-corrected chi connectivity index (χ0v) is 10.2. The van der Waals surface area contributed by atoms with Gasteiger partial charge in [-0.25, -0.2) is 0 Å². The molecule has 1 amide bonds. The van der Waals surface area contributed by atoms with Gasteiger partial charge in [0.15, 0.2) is 5.69 Å². The first-order chi connectivity index (χ1) is 8.24. The van der Waals surface area contributed by atoms with Crippen molar-refractivity contribution in [1.82, 2.24) is 10.1 Å². The number of hydrogen-bond donors (Lipinski definition) is 1. The third-order valence-corrected chi connectivity index (χ3v) is 3.28. The van der Waals surface area contributed by atoms with E-state index in [-0.39, 0.29) is 5.91 Å². The van der Waals surface area contributed by atoms with Gasteiger partial charge in [-0.1, -0.05) is 18.0 Å². The second-order valence-corrected chi connectivity index (χ2v) is 4.48. The standard InChI is InChI=1S/C12H19N3O2/c1-9-10(8-13)11(14-17-9)12(16)15-6-4-2-3-5-7-15/h2-8,13H2,1H3. The largest absolute Gasteiger partial charge is 0.361 e. The van der Waals surface area contributed by atoms with Gasteiger partial charge < -0.3 is 15.2 Å². The fourth-order valence-corrected chi connectivity index (χ4v) is 2.22. The van der Waals surface area contributed by atoms with Gasteiger partial charge in [-0.05, 0) is 19.8 Å². The lowest BCUT2D eigenvalue weighted by Gasteiger charge is -2.19. The van der Waals surface area contributed by atoms with E-state index in [1.807, 2.05) is 4.90 Å². The summed E-state index contributed by atoms with van der Waals surface area (Å²) < 4.78 is 5.05. The Morgan fingerprint density at radius 3 is 2.59 bits per heavy atom. The molecule has 1 saturated heterocycles. The first-order valence-corrected chi connectivity index (χ1v) is 6.18. The first-order valence-electron chi connectivity index (χ1n) is 6.18. The molecule has 0 unspecified atom stereocenters. The van der Waals surface area contributed by atoms with Crippen molar-refractivity contribution in [3.05, 3.63) is 17.0 Å². The average Bonchev–Trinajstić information content (AvgIpc) is 2.56. The molecule has 0 aromatic carbocycles. The number of amides is 1. The Labute approximate surface area is 101 Å². The summed E-state index contributed by atoms with van der Waals surface area (Å²) in [5.74, 6) is 0.606. The predicted molar refractivity (Wildman–Crippen MR) is 63.5 cm³/mol. The third kappa shape index (κ3) is 2.49. The lowest BCUT2D eigenvalue weighted by molar-refractivity contribution is 0.0750. The van der Waals surface area contributed by atoms with Gasteiger partial charge in [-0.2, -0.15) is 0 Å². The number of nitrogens with zero attached hydrogens (tertiary/aromatic N) is 2. The number of aryl methyl sites for hydroxylation is 1. The second-order valence-electron chi connectivity index (χ2n) is 4.48. The van der Waals surface area contributed by atoms with E-state index in [1.165, 1.54) is 12.8 Å². The highest BCUT2D eigenvalue weighted by atomic mass is 16.5. The second kappa shape index (κ2) is 5.31. The highest BCUT2D eigenvalue weighted by Crippen LogP contribution is 2.17. The maximum absolute atomic E-state index is 12.3. The van der Waals surface area contributed by atoms with E-state index in [9.17, 15) is 4.79 Å². The van der Waals surface area contributed by atoms with Crippen molar-refractivity contribution in [2.24, 2.45) is 5.73 Å². The maximum Gasteiger partial charge on any atom is 0.276 e. The van der Waals surface area contributed by atoms with Crippen molar-refractivity contribution in [3.8, 4) is 0 Å². The highest BCUT2D eigenvalue weighted by Gasteiger charge is 2.24. The van der Waals surface area contributed by atoms with Crippen molar-refractivity contribution in [1.29, 1.82) is 0 Å². The van der Waals surface area contributed by atoms with Gasteiger partial charge >= 0.3 is 0 Å². The van der Waals surface area contributed by atoms with Crippen LogP contribution in [0.5, 0.6) is 0 Å². The van der Waals surface area contributed by atoms with Crippen molar-refractivity contribution in [2.75, 3.05) is 13.1 Å². The average molecular weight is 237 g/mol. The van der Waals surface area contributed by atoms with Crippen LogP contribution in [0.4, 0.5) is 0 Å². The van der Waals surface area contributed by atoms with E-state index in [0.717, 1.165) is 31.5 Å². The molecule has 2 rings (SSSR count). The SMILES string of the molecule is Cc1onc(C(=O)N2CCCCCC2)c1CN. The zero-order chi connectivity index (χ0) is 12.3. The molecule has 17 heavy (non-hydrogen) atoms. The lowest BCUT2D eigenvalue weighted by atomic mass is 10.1. The molecule has 0 saturated carbocycles. The third-order valence-electron chi connectivity index (χ3n) is 3.28. The van der Waals surface area contributed by atoms with E-state index < -0.39 is 0 Å². The topological polar surface area (TPSA) is 72.4 Å². The van der Waals surface area contributed by atoms with Crippen LogP contribution in [0.1, 0.15) is 47.5 Å². The Morgan fingerprint density at radius 2 is 2.00 bits per heavy atom. The summed E-state index contributed by atoms with van der Waals surface area (Å²) in [6.07, 6.45) is 4.54. The van der Waals surface area contributed by atoms with E-state index in [4.69, 9.17) is 10.3 Å². The molecule has 94 valence electrons. The van der Waals surface area contributed by atoms with Crippen LogP contribution in [-0.2, 0) is 6.54 Å². The minimum Gasteiger partial charge on any atom is -0.361 e. The molecule has 1 aliphatic heterocycles. The van der Waals surface area contributed by atoms with Crippen LogP contribution in [0.2, 0.25) is 0 Å². The summed E-state index contributed by atoms with van der Waals surface area (Å²) in [5, 5.41) is 3.85. The van der Waals surface area contributed by atoms with Crippen LogP contribution in [0.25, 0.3) is 0 Å². The number of carbonyl (C=O) groups is 1. The van der Waals surface area contributed by atoms with Crippen LogP contribution >= 0.6 is 0 Å². The molecule has 1 aliphatic rings. The minimum atomic E-state index is -0.0378. The van der Waals surface area contributed by atoms with Crippen molar-refractivity contribution in [3.63, 3.8) is 0 Å². The van der Waals surface area contributed by atoms with Gasteiger partial charge in [-0.15, -0.1) is 0 Å². The Kier molecular flexibility index (Phi) is 3.78. The highest BCUT2D eigenvalue weighted by molar-refractivity contribution is 5.93. The Hall–Kier alpha value is -1.36. The number of carbonyl (C=O) groups excluding carboxylic acids is 1. The summed E-state index contributed by atoms with van der Waals surface area (Å²) in [4.78, 5) is 14.2. The molecule has 1 aromatic rings. The molecule has 0 aliphatic carbocycles. The molecule has 0 bridgehead atoms. The Morgan fingerprint density at radius 1 is 1.35 bits per heavy atom. The van der Waals surface area contributed by atoms with E-state index >= 15 is 0 Å². The molecule has 5 heteroatoms. The van der Waals surface area contributed by atoms with Crippen LogP contribution in [0.3, 0.4) is 0 Å². The molecule has 1 fully saturated rings. The number of likely N-dealkylation sites (tertiary alicyclic amines) is 1. The number of nitrogens with two attached hydrogens (primary N) is 1. The lowest BCUT2D eigenvalue weighted by Crippen LogP contribution is -2.32. The summed E-state index contributed by atoms with van der Waals surface area (Å²) in [5.41, 5.74) is 6.75. The van der Waals surface area contributed by atoms with E-state index in [2.05, 4.69) is 5.16 Å². The molecule has 1 aromatic heterocycles. The van der Waals surface area contributed by atoms with E-state index in [0.29, 0.717) is 18.0 Å². The number of rotatable bonds is 2. The minimum absolute atomic E-state index is 0.0378. The summed E-state index contributed by atoms with van der Waals surface area (Å²) in [6.45, 7) is 3.71. The molecule has 0 spiro atoms. The molecular weight excluding hydrogens is 218 g/mol. The fraction of sp³-hybridized carbons (Fsp3) is 0.667. The van der Waals surface area contributed by atoms with Crippen LogP contribution in [-0.4, -0.2) is 29.1 Å². The van der Waals surface area contributed by atoms with Crippen molar-refractivity contribution in [2.45, 2.75) is 39.2 Å². The Balaban J connectivity index is 2.17. The predicted octanol–water partition coefficient (Wildman–Crippen LogP) is 1.46. The summed E-state index contributed by atoms with van der Waals surface area (Å²) in [6, 6.07) is 0. The molecule has 5 nitrogen and oxygen atoms in total. The maximum atomic E-state index is 12.3. The molecular formula is C12H19N3O2. The Bertz CT molecular complexity index is 392. The monoisotopic (exact) mass is 237 g/mol. The van der Waals surface area contributed by atoms with Crippen molar-refractivity contribution >= 4 is 5.91 Å². The van der Waals surface area contributed by atoms with E-state index in [1.54, 1.807) is 6.92 Å².